The first kappa shape index (κ1) is 31.6. The van der Waals surface area contributed by atoms with Crippen LogP contribution in [0.1, 0.15) is 35.2 Å². The van der Waals surface area contributed by atoms with E-state index in [1.54, 1.807) is 53.4 Å². The maximum Gasteiger partial charge on any atom is 0.446 e. The normalized spacial score (nSPS) is 12.7. The highest BCUT2D eigenvalue weighted by Gasteiger charge is 2.32. The van der Waals surface area contributed by atoms with Crippen LogP contribution >= 0.6 is 23.4 Å². The van der Waals surface area contributed by atoms with E-state index in [1.807, 2.05) is 6.92 Å². The molecule has 0 amide bonds. The van der Waals surface area contributed by atoms with Crippen molar-refractivity contribution >= 4 is 29.1 Å². The molecule has 0 aliphatic heterocycles. The minimum atomic E-state index is -4.60. The van der Waals surface area contributed by atoms with Crippen LogP contribution in [0, 0.1) is 0 Å². The Kier molecular flexibility index (Phi) is 10.0. The smallest absolute Gasteiger partial charge is 0.446 e. The largest absolute Gasteiger partial charge is 0.457 e. The number of anilines is 1. The number of benzene rings is 4. The summed E-state index contributed by atoms with van der Waals surface area (Å²) in [5.41, 5.74) is -3.37. The molecule has 4 rings (SSSR count). The fourth-order valence-electron chi connectivity index (χ4n) is 4.47. The molecule has 0 saturated carbocycles. The highest BCUT2D eigenvalue weighted by atomic mass is 35.5. The van der Waals surface area contributed by atoms with Crippen molar-refractivity contribution in [2.24, 2.45) is 0 Å². The van der Waals surface area contributed by atoms with E-state index in [2.05, 4.69) is 0 Å². The van der Waals surface area contributed by atoms with Gasteiger partial charge in [-0.05, 0) is 89.5 Å². The quantitative estimate of drug-likeness (QED) is 0.140. The van der Waals surface area contributed by atoms with E-state index in [4.69, 9.17) is 16.3 Å². The number of aryl methyl sites for hydroxylation is 1. The summed E-state index contributed by atoms with van der Waals surface area (Å²) in [5.74, 6) is 0.928. The fourth-order valence-corrected chi connectivity index (χ4v) is 5.35. The van der Waals surface area contributed by atoms with Crippen LogP contribution in [0.2, 0.25) is 5.02 Å². The van der Waals surface area contributed by atoms with Crippen molar-refractivity contribution in [1.29, 1.82) is 0 Å². The third-order valence-electron chi connectivity index (χ3n) is 6.42. The van der Waals surface area contributed by atoms with Crippen molar-refractivity contribution in [1.82, 2.24) is 0 Å². The molecule has 1 atom stereocenters. The van der Waals surface area contributed by atoms with Gasteiger partial charge in [0, 0.05) is 28.2 Å². The Morgan fingerprint density at radius 3 is 2.26 bits per heavy atom. The lowest BCUT2D eigenvalue weighted by Gasteiger charge is -2.34. The minimum absolute atomic E-state index is 0.0158. The summed E-state index contributed by atoms with van der Waals surface area (Å²) in [6.07, 6.45) is -3.92. The van der Waals surface area contributed by atoms with Crippen LogP contribution in [0.3, 0.4) is 0 Å². The summed E-state index contributed by atoms with van der Waals surface area (Å²) in [7, 11) is 0. The minimum Gasteiger partial charge on any atom is -0.457 e. The number of alkyl halides is 6. The van der Waals surface area contributed by atoms with E-state index in [1.165, 1.54) is 30.3 Å². The second-order valence-electron chi connectivity index (χ2n) is 9.35. The van der Waals surface area contributed by atoms with Gasteiger partial charge in [-0.15, -0.1) is 0 Å². The molecule has 4 aromatic rings. The van der Waals surface area contributed by atoms with Gasteiger partial charge in [-0.2, -0.15) is 26.3 Å². The Morgan fingerprint density at radius 1 is 0.857 bits per heavy atom. The molecule has 1 unspecified atom stereocenters. The van der Waals surface area contributed by atoms with E-state index in [0.717, 1.165) is 17.7 Å². The summed E-state index contributed by atoms with van der Waals surface area (Å²) in [6.45, 7) is 1.37. The van der Waals surface area contributed by atoms with Gasteiger partial charge >= 0.3 is 11.7 Å². The molecule has 0 aliphatic carbocycles. The zero-order chi connectivity index (χ0) is 30.5. The molecule has 0 aromatic heterocycles. The lowest BCUT2D eigenvalue weighted by Crippen LogP contribution is -2.31. The molecule has 1 N–H and O–H groups in total. The van der Waals surface area contributed by atoms with Crippen LogP contribution in [0.4, 0.5) is 32.0 Å². The van der Waals surface area contributed by atoms with Gasteiger partial charge in [0.05, 0.1) is 18.2 Å². The highest BCUT2D eigenvalue weighted by molar-refractivity contribution is 8.00. The third-order valence-corrected chi connectivity index (χ3v) is 7.51. The molecule has 0 saturated heterocycles. The molecular formula is C31H26ClF6NO2S. The van der Waals surface area contributed by atoms with E-state index in [9.17, 15) is 31.4 Å². The highest BCUT2D eigenvalue weighted by Crippen LogP contribution is 2.39. The molecule has 3 nitrogen and oxygen atoms in total. The van der Waals surface area contributed by atoms with Gasteiger partial charge in [-0.1, -0.05) is 48.9 Å². The van der Waals surface area contributed by atoms with Crippen molar-refractivity contribution in [3.63, 3.8) is 0 Å². The second kappa shape index (κ2) is 13.3. The Bertz CT molecular complexity index is 1510. The number of aliphatic hydroxyl groups excluding tert-OH is 1. The summed E-state index contributed by atoms with van der Waals surface area (Å²) >= 11 is 5.96. The number of ether oxygens (including phenoxy) is 1. The predicted octanol–water partition coefficient (Wildman–Crippen LogP) is 10.1. The van der Waals surface area contributed by atoms with Crippen LogP contribution in [0.5, 0.6) is 11.5 Å². The van der Waals surface area contributed by atoms with Gasteiger partial charge in [0.2, 0.25) is 0 Å². The van der Waals surface area contributed by atoms with Crippen molar-refractivity contribution in [2.45, 2.75) is 42.5 Å². The average molecular weight is 626 g/mol. The van der Waals surface area contributed by atoms with Crippen molar-refractivity contribution < 1.29 is 36.2 Å². The Hall–Kier alpha value is -3.34. The second-order valence-corrected chi connectivity index (χ2v) is 10.9. The standard InChI is InChI=1S/C31H26ClF6NO2S/c1-2-21-16-26(12-13-28(21)32)41-25-10-5-9-24(17-25)39(18-20-6-3-11-27(14-20)42-31(36,37)38)29(19-40)22-7-4-8-23(15-22)30(33,34)35/h3-17,29,40H,2,18-19H2,1H3. The van der Waals surface area contributed by atoms with E-state index in [0.29, 0.717) is 34.2 Å². The van der Waals surface area contributed by atoms with Gasteiger partial charge in [-0.25, -0.2) is 0 Å². The first-order valence-electron chi connectivity index (χ1n) is 12.8. The molecule has 0 bridgehead atoms. The number of thioether (sulfide) groups is 1. The first-order chi connectivity index (χ1) is 19.9. The molecular weight excluding hydrogens is 600 g/mol. The van der Waals surface area contributed by atoms with Gasteiger partial charge < -0.3 is 14.7 Å². The number of halogens is 7. The Labute approximate surface area is 248 Å². The number of hydrogen-bond acceptors (Lipinski definition) is 4. The lowest BCUT2D eigenvalue weighted by atomic mass is 10.0. The zero-order valence-electron chi connectivity index (χ0n) is 22.2. The van der Waals surface area contributed by atoms with Crippen LogP contribution in [-0.2, 0) is 19.1 Å². The molecule has 42 heavy (non-hydrogen) atoms. The first-order valence-corrected chi connectivity index (χ1v) is 14.0. The molecule has 11 heteroatoms. The Morgan fingerprint density at radius 2 is 1.57 bits per heavy atom. The maximum atomic E-state index is 13.5. The predicted molar refractivity (Wildman–Crippen MR) is 153 cm³/mol. The molecule has 222 valence electrons. The molecule has 0 aliphatic rings. The summed E-state index contributed by atoms with van der Waals surface area (Å²) in [4.78, 5) is 1.60. The van der Waals surface area contributed by atoms with Crippen LogP contribution in [-0.4, -0.2) is 17.2 Å². The number of rotatable bonds is 10. The number of nitrogens with zero attached hydrogens (tertiary/aromatic N) is 1. The molecule has 0 heterocycles. The van der Waals surface area contributed by atoms with Gasteiger partial charge in [0.1, 0.15) is 11.5 Å². The van der Waals surface area contributed by atoms with Crippen LogP contribution < -0.4 is 9.64 Å². The Balaban J connectivity index is 1.75. The molecule has 0 fully saturated rings. The van der Waals surface area contributed by atoms with Gasteiger partial charge in [0.25, 0.3) is 0 Å². The summed E-state index contributed by atoms with van der Waals surface area (Å²) in [6, 6.07) is 21.4. The van der Waals surface area contributed by atoms with E-state index >= 15 is 0 Å². The maximum absolute atomic E-state index is 13.5. The number of hydrogen-bond donors (Lipinski definition) is 1. The molecule has 0 radical (unpaired) electrons. The summed E-state index contributed by atoms with van der Waals surface area (Å²) in [5, 5.41) is 11.1. The SMILES string of the molecule is CCc1cc(Oc2cccc(N(Cc3cccc(SC(F)(F)F)c3)C(CO)c3cccc(C(F)(F)F)c3)c2)ccc1Cl. The van der Waals surface area contributed by atoms with E-state index < -0.39 is 29.9 Å². The van der Waals surface area contributed by atoms with Gasteiger partial charge in [-0.3, -0.25) is 0 Å². The summed E-state index contributed by atoms with van der Waals surface area (Å²) < 4.78 is 85.8. The van der Waals surface area contributed by atoms with Crippen LogP contribution in [0.25, 0.3) is 0 Å². The topological polar surface area (TPSA) is 32.7 Å². The van der Waals surface area contributed by atoms with E-state index in [-0.39, 0.29) is 28.8 Å². The number of aliphatic hydroxyl groups is 1. The van der Waals surface area contributed by atoms with Gasteiger partial charge in [0.15, 0.2) is 0 Å². The van der Waals surface area contributed by atoms with Crippen molar-refractivity contribution in [3.8, 4) is 11.5 Å². The van der Waals surface area contributed by atoms with Crippen molar-refractivity contribution in [3.05, 3.63) is 118 Å². The monoisotopic (exact) mass is 625 g/mol. The molecule has 4 aromatic carbocycles. The molecule has 0 spiro atoms. The third kappa shape index (κ3) is 8.36. The van der Waals surface area contributed by atoms with Crippen LogP contribution in [0.15, 0.2) is 95.9 Å². The lowest BCUT2D eigenvalue weighted by molar-refractivity contribution is -0.137. The fraction of sp³-hybridized carbons (Fsp3) is 0.226. The average Bonchev–Trinajstić information content (AvgIpc) is 2.93. The zero-order valence-corrected chi connectivity index (χ0v) is 23.8. The van der Waals surface area contributed by atoms with Crippen molar-refractivity contribution in [2.75, 3.05) is 11.5 Å².